The van der Waals surface area contributed by atoms with Crippen LogP contribution in [0.4, 0.5) is 0 Å². The van der Waals surface area contributed by atoms with Gasteiger partial charge in [-0.3, -0.25) is 9.59 Å². The van der Waals surface area contributed by atoms with Crippen LogP contribution in [0.15, 0.2) is 64.3 Å². The van der Waals surface area contributed by atoms with Gasteiger partial charge < -0.3 is 4.74 Å². The molecule has 2 aromatic carbocycles. The van der Waals surface area contributed by atoms with E-state index in [2.05, 4.69) is 22.6 Å². The Kier molecular flexibility index (Phi) is 6.31. The van der Waals surface area contributed by atoms with Crippen LogP contribution in [-0.4, -0.2) is 27.1 Å². The number of ketones is 1. The molecular weight excluding hydrogens is 511 g/mol. The number of fused-ring (bicyclic) bond motifs is 1. The number of carbonyl (C=O) groups excluding carboxylic acids is 1. The molecule has 3 aromatic rings. The maximum Gasteiger partial charge on any atom is 0.251 e. The summed E-state index contributed by atoms with van der Waals surface area (Å²) in [7, 11) is -2.48. The van der Waals surface area contributed by atoms with Crippen molar-refractivity contribution >= 4 is 65.7 Å². The zero-order chi connectivity index (χ0) is 20.3. The highest BCUT2D eigenvalue weighted by Gasteiger charge is 2.22. The van der Waals surface area contributed by atoms with E-state index in [0.717, 1.165) is 20.5 Å². The first-order valence-electron chi connectivity index (χ1n) is 8.09. The molecule has 28 heavy (non-hydrogen) atoms. The van der Waals surface area contributed by atoms with Crippen molar-refractivity contribution < 1.29 is 17.9 Å². The monoisotopic (exact) mass is 526 g/mol. The second kappa shape index (κ2) is 8.54. The summed E-state index contributed by atoms with van der Waals surface area (Å²) in [6.07, 6.45) is 2.73. The van der Waals surface area contributed by atoms with Crippen molar-refractivity contribution in [2.45, 2.75) is 4.90 Å². The Morgan fingerprint density at radius 3 is 2.54 bits per heavy atom. The average Bonchev–Trinajstić information content (AvgIpc) is 2.66. The minimum absolute atomic E-state index is 0.335. The van der Waals surface area contributed by atoms with E-state index in [1.807, 2.05) is 6.07 Å². The summed E-state index contributed by atoms with van der Waals surface area (Å²) in [6, 6.07) is 13.8. The zero-order valence-corrected chi connectivity index (χ0v) is 18.5. The fourth-order valence-electron chi connectivity index (χ4n) is 2.51. The summed E-state index contributed by atoms with van der Waals surface area (Å²) in [5.74, 6) is -0.666. The van der Waals surface area contributed by atoms with E-state index >= 15 is 0 Å². The molecule has 0 aliphatic carbocycles. The molecule has 0 fully saturated rings. The quantitative estimate of drug-likeness (QED) is 0.360. The van der Waals surface area contributed by atoms with E-state index in [9.17, 15) is 18.0 Å². The predicted molar refractivity (Wildman–Crippen MR) is 120 cm³/mol. The number of methoxy groups -OCH3 is 1. The van der Waals surface area contributed by atoms with Crippen LogP contribution < -0.4 is 9.48 Å². The highest BCUT2D eigenvalue weighted by molar-refractivity contribution is 14.1. The smallest absolute Gasteiger partial charge is 0.251 e. The molecule has 1 heterocycles. The van der Waals surface area contributed by atoms with Crippen LogP contribution in [0.1, 0.15) is 5.56 Å². The highest BCUT2D eigenvalue weighted by Crippen LogP contribution is 2.22. The first-order valence-corrected chi connectivity index (χ1v) is 11.6. The molecule has 0 N–H and O–H groups in total. The standard InChI is InChI=1S/C20H15IO5S2/c1-26-17-7-3-13(4-8-17)2-6-16(22)12-28(24,25)19-11-14-10-15(21)5-9-18(14)27-20(19)23/h2-11H,12H2,1H3/b6-2+. The van der Waals surface area contributed by atoms with Crippen molar-refractivity contribution in [2.24, 2.45) is 0 Å². The van der Waals surface area contributed by atoms with Crippen molar-refractivity contribution in [1.29, 1.82) is 0 Å². The van der Waals surface area contributed by atoms with Gasteiger partial charge in [-0.2, -0.15) is 0 Å². The number of hydrogen-bond acceptors (Lipinski definition) is 6. The van der Waals surface area contributed by atoms with Crippen LogP contribution in [0.3, 0.4) is 0 Å². The number of hydrogen-bond donors (Lipinski definition) is 0. The summed E-state index contributed by atoms with van der Waals surface area (Å²) in [4.78, 5) is 24.1. The summed E-state index contributed by atoms with van der Waals surface area (Å²) in [6.45, 7) is 0. The van der Waals surface area contributed by atoms with Gasteiger partial charge in [0.05, 0.1) is 7.11 Å². The number of rotatable bonds is 6. The fourth-order valence-corrected chi connectivity index (χ4v) is 5.45. The summed E-state index contributed by atoms with van der Waals surface area (Å²) in [5.41, 5.74) is 0.735. The van der Waals surface area contributed by atoms with Gasteiger partial charge in [-0.25, -0.2) is 8.42 Å². The zero-order valence-electron chi connectivity index (χ0n) is 14.7. The molecule has 0 radical (unpaired) electrons. The van der Waals surface area contributed by atoms with Gasteiger partial charge in [0.15, 0.2) is 15.6 Å². The normalized spacial score (nSPS) is 11.8. The summed E-state index contributed by atoms with van der Waals surface area (Å²) >= 11 is 2.98. The van der Waals surface area contributed by atoms with Gasteiger partial charge in [0, 0.05) is 8.27 Å². The predicted octanol–water partition coefficient (Wildman–Crippen LogP) is 3.93. The second-order valence-electron chi connectivity index (χ2n) is 5.91. The molecule has 0 amide bonds. The van der Waals surface area contributed by atoms with Crippen molar-refractivity contribution in [1.82, 2.24) is 0 Å². The Morgan fingerprint density at radius 1 is 1.14 bits per heavy atom. The summed E-state index contributed by atoms with van der Waals surface area (Å²) < 4.78 is 31.4. The maximum absolute atomic E-state index is 12.6. The SMILES string of the molecule is COc1ccc(/C=C/C(=O)CS(=O)(=O)c2cc3cc(I)ccc3sc2=O)cc1. The molecule has 144 valence electrons. The van der Waals surface area contributed by atoms with Crippen LogP contribution in [0.2, 0.25) is 0 Å². The number of sulfone groups is 1. The Morgan fingerprint density at radius 2 is 1.86 bits per heavy atom. The Balaban J connectivity index is 1.83. The van der Waals surface area contributed by atoms with E-state index in [-0.39, 0.29) is 4.90 Å². The molecule has 0 saturated carbocycles. The summed E-state index contributed by atoms with van der Waals surface area (Å²) in [5, 5.41) is 0.663. The first kappa shape index (κ1) is 20.7. The van der Waals surface area contributed by atoms with Gasteiger partial charge in [-0.05, 0) is 76.0 Å². The average molecular weight is 526 g/mol. The van der Waals surface area contributed by atoms with Crippen molar-refractivity contribution in [3.8, 4) is 5.75 Å². The lowest BCUT2D eigenvalue weighted by atomic mass is 10.2. The van der Waals surface area contributed by atoms with E-state index in [1.165, 1.54) is 18.2 Å². The maximum atomic E-state index is 12.6. The first-order chi connectivity index (χ1) is 13.3. The van der Waals surface area contributed by atoms with Crippen LogP contribution in [0, 0.1) is 3.57 Å². The van der Waals surface area contributed by atoms with Crippen LogP contribution >= 0.6 is 33.9 Å². The lowest BCUT2D eigenvalue weighted by Gasteiger charge is -2.04. The van der Waals surface area contributed by atoms with Gasteiger partial charge >= 0.3 is 0 Å². The van der Waals surface area contributed by atoms with Crippen molar-refractivity contribution in [3.05, 3.63) is 73.3 Å². The number of ether oxygens (including phenoxy) is 1. The van der Waals surface area contributed by atoms with Crippen molar-refractivity contribution in [2.75, 3.05) is 12.9 Å². The molecule has 5 nitrogen and oxygen atoms in total. The third kappa shape index (κ3) is 4.86. The lowest BCUT2D eigenvalue weighted by Crippen LogP contribution is -2.19. The highest BCUT2D eigenvalue weighted by atomic mass is 127. The van der Waals surface area contributed by atoms with Crippen molar-refractivity contribution in [3.63, 3.8) is 0 Å². The number of allylic oxidation sites excluding steroid dienone is 1. The molecule has 0 aliphatic rings. The fraction of sp³-hybridized carbons (Fsp3) is 0.100. The molecule has 0 atom stereocenters. The Bertz CT molecular complexity index is 1230. The van der Waals surface area contributed by atoms with E-state index < -0.39 is 26.1 Å². The van der Waals surface area contributed by atoms with E-state index in [4.69, 9.17) is 4.74 Å². The molecule has 0 saturated heterocycles. The largest absolute Gasteiger partial charge is 0.497 e. The van der Waals surface area contributed by atoms with Crippen LogP contribution in [-0.2, 0) is 14.6 Å². The van der Waals surface area contributed by atoms with Gasteiger partial charge in [0.2, 0.25) is 0 Å². The van der Waals surface area contributed by atoms with Crippen LogP contribution in [0.25, 0.3) is 16.2 Å². The molecule has 1 aromatic heterocycles. The topological polar surface area (TPSA) is 77.5 Å². The molecule has 0 bridgehead atoms. The van der Waals surface area contributed by atoms with Gasteiger partial charge in [0.1, 0.15) is 16.4 Å². The number of benzene rings is 2. The Labute approximate surface area is 179 Å². The molecule has 0 unspecified atom stereocenters. The third-order valence-corrected chi connectivity index (χ3v) is 7.34. The van der Waals surface area contributed by atoms with E-state index in [1.54, 1.807) is 43.5 Å². The van der Waals surface area contributed by atoms with Gasteiger partial charge in [-0.1, -0.05) is 29.5 Å². The molecular formula is C20H15IO5S2. The van der Waals surface area contributed by atoms with Gasteiger partial charge in [0.25, 0.3) is 4.74 Å². The van der Waals surface area contributed by atoms with Gasteiger partial charge in [-0.15, -0.1) is 0 Å². The molecule has 0 aliphatic heterocycles. The lowest BCUT2D eigenvalue weighted by molar-refractivity contribution is -0.112. The molecule has 8 heteroatoms. The van der Waals surface area contributed by atoms with E-state index in [0.29, 0.717) is 15.8 Å². The minimum atomic E-state index is -4.03. The number of halogens is 1. The van der Waals surface area contributed by atoms with Crippen LogP contribution in [0.5, 0.6) is 5.75 Å². The second-order valence-corrected chi connectivity index (χ2v) is 10.1. The third-order valence-electron chi connectivity index (χ3n) is 3.91. The Hall–Kier alpha value is -2.04. The molecule has 0 spiro atoms. The number of carbonyl (C=O) groups is 1. The minimum Gasteiger partial charge on any atom is -0.497 e. The molecule has 3 rings (SSSR count).